The first-order valence-electron chi connectivity index (χ1n) is 9.74. The molecule has 2 amide bonds. The predicted molar refractivity (Wildman–Crippen MR) is 118 cm³/mol. The Kier molecular flexibility index (Phi) is 7.51. The zero-order valence-electron chi connectivity index (χ0n) is 17.0. The Morgan fingerprint density at radius 3 is 2.40 bits per heavy atom. The van der Waals surface area contributed by atoms with Gasteiger partial charge in [-0.25, -0.2) is 0 Å². The van der Waals surface area contributed by atoms with Gasteiger partial charge in [-0.2, -0.15) is 0 Å². The summed E-state index contributed by atoms with van der Waals surface area (Å²) < 4.78 is 5.16. The van der Waals surface area contributed by atoms with Gasteiger partial charge in [0.2, 0.25) is 11.0 Å². The van der Waals surface area contributed by atoms with Gasteiger partial charge in [-0.05, 0) is 48.4 Å². The van der Waals surface area contributed by atoms with E-state index in [9.17, 15) is 9.59 Å². The van der Waals surface area contributed by atoms with Gasteiger partial charge >= 0.3 is 0 Å². The third-order valence-corrected chi connectivity index (χ3v) is 5.23. The summed E-state index contributed by atoms with van der Waals surface area (Å²) >= 11 is 1.34. The molecule has 1 heterocycles. The number of rotatable bonds is 9. The summed E-state index contributed by atoms with van der Waals surface area (Å²) in [6.07, 6.45) is 2.95. The van der Waals surface area contributed by atoms with Gasteiger partial charge in [0, 0.05) is 24.1 Å². The summed E-state index contributed by atoms with van der Waals surface area (Å²) in [5.41, 5.74) is 2.24. The van der Waals surface area contributed by atoms with Crippen LogP contribution in [0.1, 0.15) is 47.1 Å². The maximum absolute atomic E-state index is 12.5. The van der Waals surface area contributed by atoms with Gasteiger partial charge in [-0.1, -0.05) is 36.8 Å². The lowest BCUT2D eigenvalue weighted by Gasteiger charge is -2.06. The number of amides is 2. The van der Waals surface area contributed by atoms with Crippen molar-refractivity contribution >= 4 is 34.0 Å². The first-order valence-corrected chi connectivity index (χ1v) is 10.6. The summed E-state index contributed by atoms with van der Waals surface area (Å²) in [7, 11) is 1.63. The molecule has 3 rings (SSSR count). The molecule has 0 radical (unpaired) electrons. The fourth-order valence-corrected chi connectivity index (χ4v) is 3.50. The van der Waals surface area contributed by atoms with Crippen LogP contribution in [0.4, 0.5) is 10.8 Å². The third-order valence-electron chi connectivity index (χ3n) is 4.39. The van der Waals surface area contributed by atoms with Crippen molar-refractivity contribution in [2.24, 2.45) is 0 Å². The number of nitrogens with zero attached hydrogens (tertiary/aromatic N) is 2. The van der Waals surface area contributed by atoms with Crippen LogP contribution in [-0.4, -0.2) is 29.1 Å². The Labute approximate surface area is 179 Å². The van der Waals surface area contributed by atoms with Crippen LogP contribution in [0.15, 0.2) is 48.5 Å². The number of benzene rings is 2. The number of carbonyl (C=O) groups is 2. The van der Waals surface area contributed by atoms with Gasteiger partial charge in [0.25, 0.3) is 5.91 Å². The fraction of sp³-hybridized carbons (Fsp3) is 0.273. The molecule has 3 aromatic rings. The summed E-state index contributed by atoms with van der Waals surface area (Å²) in [6, 6.07) is 14.5. The molecule has 0 spiro atoms. The molecule has 7 nitrogen and oxygen atoms in total. The Bertz CT molecular complexity index is 984. The molecule has 2 N–H and O–H groups in total. The molecular formula is C22H24N4O3S. The summed E-state index contributed by atoms with van der Waals surface area (Å²) in [6.45, 7) is 2.04. The number of hydrogen-bond donors (Lipinski definition) is 2. The number of ether oxygens (including phenoxy) is 1. The van der Waals surface area contributed by atoms with E-state index in [0.717, 1.165) is 29.2 Å². The monoisotopic (exact) mass is 424 g/mol. The van der Waals surface area contributed by atoms with E-state index in [2.05, 4.69) is 20.8 Å². The van der Waals surface area contributed by atoms with Gasteiger partial charge < -0.3 is 10.1 Å². The van der Waals surface area contributed by atoms with Crippen molar-refractivity contribution in [3.05, 3.63) is 64.7 Å². The van der Waals surface area contributed by atoms with Crippen molar-refractivity contribution in [2.75, 3.05) is 17.7 Å². The van der Waals surface area contributed by atoms with Crippen LogP contribution in [0.25, 0.3) is 0 Å². The van der Waals surface area contributed by atoms with E-state index in [1.165, 1.54) is 11.3 Å². The van der Waals surface area contributed by atoms with Crippen molar-refractivity contribution < 1.29 is 14.3 Å². The lowest BCUT2D eigenvalue weighted by Crippen LogP contribution is -2.13. The predicted octanol–water partition coefficient (Wildman–Crippen LogP) is 4.52. The van der Waals surface area contributed by atoms with E-state index in [1.807, 2.05) is 31.2 Å². The molecule has 0 fully saturated rings. The molecule has 0 saturated carbocycles. The van der Waals surface area contributed by atoms with Gasteiger partial charge in [-0.15, -0.1) is 10.2 Å². The van der Waals surface area contributed by atoms with Gasteiger partial charge in [-0.3, -0.25) is 14.9 Å². The molecule has 0 aliphatic heterocycles. The van der Waals surface area contributed by atoms with Crippen LogP contribution in [0.2, 0.25) is 0 Å². The zero-order chi connectivity index (χ0) is 21.3. The highest BCUT2D eigenvalue weighted by atomic mass is 32.1. The number of aromatic nitrogens is 2. The third kappa shape index (κ3) is 6.12. The first-order chi connectivity index (χ1) is 14.6. The van der Waals surface area contributed by atoms with Crippen LogP contribution in [0.3, 0.4) is 0 Å². The number of anilines is 2. The molecule has 2 aromatic carbocycles. The molecule has 0 aliphatic carbocycles. The SMILES string of the molecule is CCCCC(=O)Nc1ccc(C(=O)Nc2nnc(Cc3ccc(OC)cc3)s2)cc1. The van der Waals surface area contributed by atoms with Gasteiger partial charge in [0.1, 0.15) is 10.8 Å². The van der Waals surface area contributed by atoms with Crippen molar-refractivity contribution in [3.8, 4) is 5.75 Å². The van der Waals surface area contributed by atoms with E-state index < -0.39 is 0 Å². The second-order valence-corrected chi connectivity index (χ2v) is 7.77. The van der Waals surface area contributed by atoms with E-state index in [1.54, 1.807) is 31.4 Å². The fourth-order valence-electron chi connectivity index (χ4n) is 2.73. The quantitative estimate of drug-likeness (QED) is 0.527. The molecular weight excluding hydrogens is 400 g/mol. The molecule has 8 heteroatoms. The maximum atomic E-state index is 12.5. The molecule has 0 saturated heterocycles. The van der Waals surface area contributed by atoms with Crippen LogP contribution >= 0.6 is 11.3 Å². The minimum atomic E-state index is -0.272. The van der Waals surface area contributed by atoms with Crippen molar-refractivity contribution in [3.63, 3.8) is 0 Å². The number of carbonyl (C=O) groups excluding carboxylic acids is 2. The van der Waals surface area contributed by atoms with Crippen LogP contribution in [-0.2, 0) is 11.2 Å². The highest BCUT2D eigenvalue weighted by Gasteiger charge is 2.11. The Balaban J connectivity index is 1.55. The van der Waals surface area contributed by atoms with E-state index >= 15 is 0 Å². The molecule has 156 valence electrons. The number of hydrogen-bond acceptors (Lipinski definition) is 6. The Morgan fingerprint density at radius 2 is 1.73 bits per heavy atom. The molecule has 30 heavy (non-hydrogen) atoms. The molecule has 0 unspecified atom stereocenters. The minimum Gasteiger partial charge on any atom is -0.497 e. The zero-order valence-corrected chi connectivity index (χ0v) is 17.8. The topological polar surface area (TPSA) is 93.2 Å². The average molecular weight is 425 g/mol. The summed E-state index contributed by atoms with van der Waals surface area (Å²) in [5, 5.41) is 15.0. The van der Waals surface area contributed by atoms with Crippen molar-refractivity contribution in [1.29, 1.82) is 0 Å². The smallest absolute Gasteiger partial charge is 0.257 e. The standard InChI is InChI=1S/C22H24N4O3S/c1-3-4-5-19(27)23-17-10-8-16(9-11-17)21(28)24-22-26-25-20(30-22)14-15-6-12-18(29-2)13-7-15/h6-13H,3-5,14H2,1-2H3,(H,23,27)(H,24,26,28). The Morgan fingerprint density at radius 1 is 1.00 bits per heavy atom. The van der Waals surface area contributed by atoms with E-state index in [-0.39, 0.29) is 11.8 Å². The lowest BCUT2D eigenvalue weighted by molar-refractivity contribution is -0.116. The van der Waals surface area contributed by atoms with Crippen molar-refractivity contribution in [1.82, 2.24) is 10.2 Å². The van der Waals surface area contributed by atoms with Crippen LogP contribution < -0.4 is 15.4 Å². The minimum absolute atomic E-state index is 0.0210. The molecule has 0 atom stereocenters. The van der Waals surface area contributed by atoms with Crippen molar-refractivity contribution in [2.45, 2.75) is 32.6 Å². The second-order valence-electron chi connectivity index (χ2n) is 6.71. The second kappa shape index (κ2) is 10.5. The summed E-state index contributed by atoms with van der Waals surface area (Å²) in [5.74, 6) is 0.508. The number of nitrogens with one attached hydrogen (secondary N) is 2. The number of methoxy groups -OCH3 is 1. The largest absolute Gasteiger partial charge is 0.497 e. The highest BCUT2D eigenvalue weighted by Crippen LogP contribution is 2.21. The summed E-state index contributed by atoms with van der Waals surface area (Å²) in [4.78, 5) is 24.2. The molecule has 0 aliphatic rings. The van der Waals surface area contributed by atoms with E-state index in [0.29, 0.717) is 29.2 Å². The normalized spacial score (nSPS) is 10.5. The van der Waals surface area contributed by atoms with E-state index in [4.69, 9.17) is 4.74 Å². The molecule has 0 bridgehead atoms. The van der Waals surface area contributed by atoms with Crippen LogP contribution in [0, 0.1) is 0 Å². The first kappa shape index (κ1) is 21.4. The average Bonchev–Trinajstić information content (AvgIpc) is 3.20. The van der Waals surface area contributed by atoms with Gasteiger partial charge in [0.15, 0.2) is 0 Å². The number of unbranched alkanes of at least 4 members (excludes halogenated alkanes) is 1. The molecule has 1 aromatic heterocycles. The maximum Gasteiger partial charge on any atom is 0.257 e. The Hall–Kier alpha value is -3.26. The highest BCUT2D eigenvalue weighted by molar-refractivity contribution is 7.15. The lowest BCUT2D eigenvalue weighted by atomic mass is 10.1. The van der Waals surface area contributed by atoms with Crippen LogP contribution in [0.5, 0.6) is 5.75 Å². The van der Waals surface area contributed by atoms with Gasteiger partial charge in [0.05, 0.1) is 7.11 Å².